The predicted molar refractivity (Wildman–Crippen MR) is 86.6 cm³/mol. The lowest BCUT2D eigenvalue weighted by atomic mass is 10.1. The number of pyridine rings is 1. The van der Waals surface area contributed by atoms with Crippen LogP contribution in [-0.4, -0.2) is 39.0 Å². The lowest BCUT2D eigenvalue weighted by Gasteiger charge is -2.15. The molecule has 1 amide bonds. The van der Waals surface area contributed by atoms with Gasteiger partial charge in [0.15, 0.2) is 6.10 Å². The van der Waals surface area contributed by atoms with Crippen molar-refractivity contribution >= 4 is 11.9 Å². The first kappa shape index (κ1) is 16.4. The van der Waals surface area contributed by atoms with Crippen LogP contribution in [0.3, 0.4) is 0 Å². The molecule has 0 bridgehead atoms. The quantitative estimate of drug-likeness (QED) is 0.584. The zero-order valence-corrected chi connectivity index (χ0v) is 13.1. The van der Waals surface area contributed by atoms with Crippen molar-refractivity contribution in [1.29, 1.82) is 0 Å². The number of H-pyrrole nitrogens is 1. The van der Waals surface area contributed by atoms with E-state index in [2.05, 4.69) is 20.4 Å². The van der Waals surface area contributed by atoms with Gasteiger partial charge in [0.05, 0.1) is 12.7 Å². The molecule has 0 aliphatic carbocycles. The monoisotopic (exact) mass is 342 g/mol. The van der Waals surface area contributed by atoms with E-state index in [4.69, 9.17) is 0 Å². The molecule has 2 aliphatic rings. The summed E-state index contributed by atoms with van der Waals surface area (Å²) in [5.41, 5.74) is 2.51. The van der Waals surface area contributed by atoms with Gasteiger partial charge in [-0.25, -0.2) is 9.89 Å². The molecule has 0 saturated heterocycles. The predicted octanol–water partition coefficient (Wildman–Crippen LogP) is 0.266. The summed E-state index contributed by atoms with van der Waals surface area (Å²) >= 11 is 0. The number of esters is 1. The van der Waals surface area contributed by atoms with Gasteiger partial charge in [-0.1, -0.05) is 30.3 Å². The first-order valence-electron chi connectivity index (χ1n) is 7.24. The standard InChI is InChI=1S/C16H14N4O5/c1-25-16(24)11-8-20(7-10-12(11)17-18-14(10)22)19-15(23)13(21)9-5-3-2-4-6-9/h2-8,13,21H,1H3,(H,18,22)(H,19,23)/t13-/m0/s1. The number of hydrogen-bond acceptors (Lipinski definition) is 6. The number of benzene rings is 1. The van der Waals surface area contributed by atoms with Crippen LogP contribution in [0, 0.1) is 0 Å². The van der Waals surface area contributed by atoms with E-state index in [-0.39, 0.29) is 16.8 Å². The SMILES string of the molecule is COC(=O)c1cn(NC(=O)[C@@H](O)c2ccccc2)cc2c(=O)[nH]nc1-2. The lowest BCUT2D eigenvalue weighted by Crippen LogP contribution is -2.29. The van der Waals surface area contributed by atoms with Gasteiger partial charge in [-0.2, -0.15) is 5.10 Å². The Hall–Kier alpha value is -3.46. The van der Waals surface area contributed by atoms with Gasteiger partial charge in [0.25, 0.3) is 11.5 Å². The van der Waals surface area contributed by atoms with Crippen LogP contribution < -0.4 is 11.0 Å². The number of rotatable bonds is 4. The average Bonchev–Trinajstić information content (AvgIpc) is 3.01. The molecular formula is C16H14N4O5. The number of nitrogens with one attached hydrogen (secondary N) is 2. The first-order valence-corrected chi connectivity index (χ1v) is 7.24. The normalized spacial score (nSPS) is 11.9. The number of hydrogen-bond donors (Lipinski definition) is 3. The van der Waals surface area contributed by atoms with E-state index in [0.29, 0.717) is 5.56 Å². The van der Waals surface area contributed by atoms with Gasteiger partial charge in [-0.15, -0.1) is 0 Å². The van der Waals surface area contributed by atoms with Crippen molar-refractivity contribution in [1.82, 2.24) is 14.9 Å². The molecule has 0 radical (unpaired) electrons. The van der Waals surface area contributed by atoms with E-state index in [1.54, 1.807) is 30.3 Å². The van der Waals surface area contributed by atoms with Crippen molar-refractivity contribution in [2.24, 2.45) is 0 Å². The molecule has 1 aromatic carbocycles. The number of aliphatic hydroxyl groups is 1. The molecule has 2 heterocycles. The Balaban J connectivity index is 1.94. The number of aromatic amines is 1. The summed E-state index contributed by atoms with van der Waals surface area (Å²) < 4.78 is 5.77. The molecule has 3 N–H and O–H groups in total. The Labute approximate surface area is 141 Å². The van der Waals surface area contributed by atoms with E-state index in [1.165, 1.54) is 19.5 Å². The number of aromatic nitrogens is 3. The summed E-state index contributed by atoms with van der Waals surface area (Å²) in [7, 11) is 1.19. The van der Waals surface area contributed by atoms with Crippen molar-refractivity contribution in [3.63, 3.8) is 0 Å². The Morgan fingerprint density at radius 2 is 2.00 bits per heavy atom. The first-order chi connectivity index (χ1) is 12.0. The van der Waals surface area contributed by atoms with Crippen molar-refractivity contribution in [2.75, 3.05) is 12.5 Å². The number of nitrogens with zero attached hydrogens (tertiary/aromatic N) is 2. The Bertz CT molecular complexity index is 947. The maximum absolute atomic E-state index is 12.2. The molecule has 0 unspecified atom stereocenters. The minimum absolute atomic E-state index is 0.00662. The van der Waals surface area contributed by atoms with Crippen LogP contribution in [-0.2, 0) is 9.53 Å². The van der Waals surface area contributed by atoms with Crippen LogP contribution in [0.1, 0.15) is 22.0 Å². The molecule has 9 nitrogen and oxygen atoms in total. The molecule has 2 aliphatic heterocycles. The zero-order chi connectivity index (χ0) is 18.0. The molecule has 0 aromatic heterocycles. The van der Waals surface area contributed by atoms with E-state index in [1.807, 2.05) is 0 Å². The molecule has 25 heavy (non-hydrogen) atoms. The van der Waals surface area contributed by atoms with Gasteiger partial charge in [0, 0.05) is 12.4 Å². The highest BCUT2D eigenvalue weighted by atomic mass is 16.5. The maximum atomic E-state index is 12.2. The summed E-state index contributed by atoms with van der Waals surface area (Å²) in [6, 6.07) is 8.34. The minimum atomic E-state index is -1.41. The Morgan fingerprint density at radius 1 is 1.28 bits per heavy atom. The molecule has 0 spiro atoms. The van der Waals surface area contributed by atoms with E-state index in [9.17, 15) is 19.5 Å². The number of ether oxygens (including phenoxy) is 1. The summed E-state index contributed by atoms with van der Waals surface area (Å²) in [5, 5.41) is 16.1. The highest BCUT2D eigenvalue weighted by Gasteiger charge is 2.23. The van der Waals surface area contributed by atoms with Gasteiger partial charge in [-0.05, 0) is 5.56 Å². The largest absolute Gasteiger partial charge is 0.465 e. The van der Waals surface area contributed by atoms with Gasteiger partial charge >= 0.3 is 5.97 Å². The Kier molecular flexibility index (Phi) is 4.31. The van der Waals surface area contributed by atoms with Crippen molar-refractivity contribution in [2.45, 2.75) is 6.10 Å². The fourth-order valence-corrected chi connectivity index (χ4v) is 2.34. The van der Waals surface area contributed by atoms with Crippen molar-refractivity contribution in [3.05, 3.63) is 64.2 Å². The number of carbonyl (C=O) groups is 2. The van der Waals surface area contributed by atoms with Crippen molar-refractivity contribution in [3.8, 4) is 11.3 Å². The zero-order valence-electron chi connectivity index (χ0n) is 13.1. The summed E-state index contributed by atoms with van der Waals surface area (Å²) in [6.07, 6.45) is 1.13. The van der Waals surface area contributed by atoms with E-state index < -0.39 is 23.5 Å². The molecule has 0 saturated carbocycles. The third-order valence-corrected chi connectivity index (χ3v) is 3.57. The minimum Gasteiger partial charge on any atom is -0.465 e. The average molecular weight is 342 g/mol. The fourth-order valence-electron chi connectivity index (χ4n) is 2.34. The second-order valence-corrected chi connectivity index (χ2v) is 5.18. The number of amides is 1. The summed E-state index contributed by atoms with van der Waals surface area (Å²) in [5.74, 6) is -1.45. The molecule has 1 atom stereocenters. The molecule has 3 rings (SSSR count). The summed E-state index contributed by atoms with van der Waals surface area (Å²) in [4.78, 5) is 35.9. The lowest BCUT2D eigenvalue weighted by molar-refractivity contribution is -0.125. The van der Waals surface area contributed by atoms with Crippen LogP contribution in [0.25, 0.3) is 11.3 Å². The topological polar surface area (TPSA) is 126 Å². The smallest absolute Gasteiger partial charge is 0.341 e. The van der Waals surface area contributed by atoms with Gasteiger partial charge < -0.3 is 9.84 Å². The van der Waals surface area contributed by atoms with E-state index >= 15 is 0 Å². The number of aliphatic hydroxyl groups excluding tert-OH is 1. The van der Waals surface area contributed by atoms with Gasteiger partial charge in [0.1, 0.15) is 11.3 Å². The van der Waals surface area contributed by atoms with Crippen LogP contribution in [0.15, 0.2) is 47.5 Å². The highest BCUT2D eigenvalue weighted by Crippen LogP contribution is 2.20. The summed E-state index contributed by atoms with van der Waals surface area (Å²) in [6.45, 7) is 0. The van der Waals surface area contributed by atoms with Crippen LogP contribution in [0.2, 0.25) is 0 Å². The van der Waals surface area contributed by atoms with Gasteiger partial charge in [0.2, 0.25) is 0 Å². The third kappa shape index (κ3) is 3.12. The molecular weight excluding hydrogens is 328 g/mol. The van der Waals surface area contributed by atoms with Gasteiger partial charge in [-0.3, -0.25) is 19.7 Å². The van der Waals surface area contributed by atoms with Crippen molar-refractivity contribution < 1.29 is 19.4 Å². The second kappa shape index (κ2) is 6.57. The van der Waals surface area contributed by atoms with E-state index in [0.717, 1.165) is 4.68 Å². The second-order valence-electron chi connectivity index (χ2n) is 5.18. The molecule has 9 heteroatoms. The molecule has 128 valence electrons. The third-order valence-electron chi connectivity index (χ3n) is 3.57. The Morgan fingerprint density at radius 3 is 2.68 bits per heavy atom. The number of carbonyl (C=O) groups excluding carboxylic acids is 2. The maximum Gasteiger partial charge on any atom is 0.341 e. The number of methoxy groups -OCH3 is 1. The highest BCUT2D eigenvalue weighted by molar-refractivity contribution is 5.96. The van der Waals surface area contributed by atoms with Crippen LogP contribution in [0.4, 0.5) is 0 Å². The van der Waals surface area contributed by atoms with Crippen LogP contribution in [0.5, 0.6) is 0 Å². The molecule has 1 aromatic rings. The number of fused-ring (bicyclic) bond motifs is 1. The molecule has 0 fully saturated rings. The fraction of sp³-hybridized carbons (Fsp3) is 0.125. The van der Waals surface area contributed by atoms with Crippen LogP contribution >= 0.6 is 0 Å².